The second kappa shape index (κ2) is 11.3. The van der Waals surface area contributed by atoms with Gasteiger partial charge < -0.3 is 10.3 Å². The van der Waals surface area contributed by atoms with E-state index >= 15 is 0 Å². The maximum absolute atomic E-state index is 13.9. The first-order valence-corrected chi connectivity index (χ1v) is 12.3. The van der Waals surface area contributed by atoms with Crippen LogP contribution in [0.3, 0.4) is 0 Å². The summed E-state index contributed by atoms with van der Waals surface area (Å²) < 4.78 is 0. The first-order valence-electron chi connectivity index (χ1n) is 12.3. The van der Waals surface area contributed by atoms with E-state index in [-0.39, 0.29) is 17.6 Å². The zero-order chi connectivity index (χ0) is 26.3. The van der Waals surface area contributed by atoms with Crippen molar-refractivity contribution in [3.05, 3.63) is 139 Å². The van der Waals surface area contributed by atoms with Crippen molar-refractivity contribution >= 4 is 17.5 Å². The summed E-state index contributed by atoms with van der Waals surface area (Å²) in [5.74, 6) is -0.736. The van der Waals surface area contributed by atoms with E-state index in [0.29, 0.717) is 11.3 Å². The molecule has 0 bridgehead atoms. The molecule has 2 atom stereocenters. The second-order valence-corrected chi connectivity index (χ2v) is 8.87. The third kappa shape index (κ3) is 5.37. The molecule has 38 heavy (non-hydrogen) atoms. The Labute approximate surface area is 221 Å². The lowest BCUT2D eigenvalue weighted by Gasteiger charge is -2.32. The molecule has 0 aliphatic carbocycles. The number of amides is 2. The monoisotopic (exact) mass is 501 g/mol. The Bertz CT molecular complexity index is 1470. The SMILES string of the molecule is C[C@H](NC(=O)C(c1cccnc1)N(C(=O)c1c[nH]cn1)c1ccc(-c2ccccc2)cc1)c1ccccc1. The number of H-pyrrole nitrogens is 1. The molecule has 188 valence electrons. The Kier molecular flexibility index (Phi) is 7.36. The number of benzene rings is 3. The van der Waals surface area contributed by atoms with Crippen LogP contribution in [0.4, 0.5) is 5.69 Å². The molecule has 7 heteroatoms. The maximum Gasteiger partial charge on any atom is 0.279 e. The molecule has 5 rings (SSSR count). The van der Waals surface area contributed by atoms with Gasteiger partial charge >= 0.3 is 0 Å². The first kappa shape index (κ1) is 24.6. The van der Waals surface area contributed by atoms with Crippen LogP contribution in [0.2, 0.25) is 0 Å². The molecule has 7 nitrogen and oxygen atoms in total. The van der Waals surface area contributed by atoms with Gasteiger partial charge in [0, 0.05) is 29.8 Å². The molecule has 0 spiro atoms. The van der Waals surface area contributed by atoms with Gasteiger partial charge in [0.05, 0.1) is 12.4 Å². The average molecular weight is 502 g/mol. The molecular weight excluding hydrogens is 474 g/mol. The van der Waals surface area contributed by atoms with Gasteiger partial charge in [-0.15, -0.1) is 0 Å². The number of aromatic nitrogens is 3. The Morgan fingerprint density at radius 1 is 0.816 bits per heavy atom. The average Bonchev–Trinajstić information content (AvgIpc) is 3.52. The van der Waals surface area contributed by atoms with Crippen LogP contribution < -0.4 is 10.2 Å². The number of rotatable bonds is 8. The van der Waals surface area contributed by atoms with E-state index in [0.717, 1.165) is 16.7 Å². The summed E-state index contributed by atoms with van der Waals surface area (Å²) in [4.78, 5) is 40.6. The van der Waals surface area contributed by atoms with E-state index in [9.17, 15) is 9.59 Å². The van der Waals surface area contributed by atoms with Gasteiger partial charge in [-0.2, -0.15) is 0 Å². The Balaban J connectivity index is 1.56. The lowest BCUT2D eigenvalue weighted by molar-refractivity contribution is -0.123. The molecule has 0 aliphatic heterocycles. The van der Waals surface area contributed by atoms with Gasteiger partial charge in [-0.25, -0.2) is 4.98 Å². The van der Waals surface area contributed by atoms with Crippen LogP contribution in [0.5, 0.6) is 0 Å². The minimum atomic E-state index is -0.985. The van der Waals surface area contributed by atoms with Gasteiger partial charge in [0.25, 0.3) is 5.91 Å². The smallest absolute Gasteiger partial charge is 0.279 e. The van der Waals surface area contributed by atoms with Crippen LogP contribution in [-0.2, 0) is 4.79 Å². The highest BCUT2D eigenvalue weighted by atomic mass is 16.2. The summed E-state index contributed by atoms with van der Waals surface area (Å²) in [5, 5.41) is 3.09. The van der Waals surface area contributed by atoms with Gasteiger partial charge in [0.1, 0.15) is 11.7 Å². The minimum absolute atomic E-state index is 0.204. The third-order valence-corrected chi connectivity index (χ3v) is 6.35. The number of carbonyl (C=O) groups excluding carboxylic acids is 2. The molecule has 0 aliphatic rings. The van der Waals surface area contributed by atoms with Crippen LogP contribution in [0.15, 0.2) is 122 Å². The van der Waals surface area contributed by atoms with Crippen molar-refractivity contribution < 1.29 is 9.59 Å². The topological polar surface area (TPSA) is 91.0 Å². The Morgan fingerprint density at radius 3 is 2.11 bits per heavy atom. The van der Waals surface area contributed by atoms with Gasteiger partial charge in [-0.05, 0) is 41.8 Å². The van der Waals surface area contributed by atoms with Crippen molar-refractivity contribution in [3.8, 4) is 11.1 Å². The van der Waals surface area contributed by atoms with Crippen molar-refractivity contribution in [1.29, 1.82) is 0 Å². The Morgan fingerprint density at radius 2 is 1.47 bits per heavy atom. The zero-order valence-electron chi connectivity index (χ0n) is 20.9. The van der Waals surface area contributed by atoms with Crippen molar-refractivity contribution in [2.45, 2.75) is 19.0 Å². The highest BCUT2D eigenvalue weighted by Gasteiger charge is 2.35. The molecule has 2 amide bonds. The fraction of sp³-hybridized carbons (Fsp3) is 0.0968. The molecule has 0 radical (unpaired) electrons. The predicted molar refractivity (Wildman–Crippen MR) is 147 cm³/mol. The lowest BCUT2D eigenvalue weighted by Crippen LogP contribution is -2.44. The molecule has 1 unspecified atom stereocenters. The summed E-state index contributed by atoms with van der Waals surface area (Å²) in [6, 6.07) is 29.6. The van der Waals surface area contributed by atoms with Crippen molar-refractivity contribution in [2.24, 2.45) is 0 Å². The summed E-state index contributed by atoms with van der Waals surface area (Å²) >= 11 is 0. The largest absolute Gasteiger partial charge is 0.350 e. The molecule has 0 saturated heterocycles. The summed E-state index contributed by atoms with van der Waals surface area (Å²) in [7, 11) is 0. The number of hydrogen-bond acceptors (Lipinski definition) is 4. The summed E-state index contributed by atoms with van der Waals surface area (Å²) in [6.45, 7) is 1.92. The molecule has 3 aromatic carbocycles. The molecule has 2 aromatic heterocycles. The number of aromatic amines is 1. The normalized spacial score (nSPS) is 12.3. The molecule has 2 heterocycles. The predicted octanol–water partition coefficient (Wildman–Crippen LogP) is 5.74. The second-order valence-electron chi connectivity index (χ2n) is 8.87. The van der Waals surface area contributed by atoms with E-state index in [1.165, 1.54) is 17.4 Å². The van der Waals surface area contributed by atoms with Gasteiger partial charge in [-0.3, -0.25) is 19.5 Å². The number of nitrogens with one attached hydrogen (secondary N) is 2. The number of imidazole rings is 1. The van der Waals surface area contributed by atoms with Gasteiger partial charge in [0.15, 0.2) is 0 Å². The first-order chi connectivity index (χ1) is 18.6. The molecule has 2 N–H and O–H groups in total. The van der Waals surface area contributed by atoms with Gasteiger partial charge in [0.2, 0.25) is 5.91 Å². The van der Waals surface area contributed by atoms with Crippen LogP contribution in [0.25, 0.3) is 11.1 Å². The number of nitrogens with zero attached hydrogens (tertiary/aromatic N) is 3. The molecular formula is C31H27N5O2. The molecule has 0 saturated carbocycles. The quantitative estimate of drug-likeness (QED) is 0.284. The van der Waals surface area contributed by atoms with Crippen LogP contribution in [0, 0.1) is 0 Å². The summed E-state index contributed by atoms with van der Waals surface area (Å²) in [5.41, 5.74) is 4.37. The highest BCUT2D eigenvalue weighted by molar-refractivity contribution is 6.09. The van der Waals surface area contributed by atoms with E-state index < -0.39 is 11.9 Å². The fourth-order valence-electron chi connectivity index (χ4n) is 4.40. The highest BCUT2D eigenvalue weighted by Crippen LogP contribution is 2.32. The van der Waals surface area contributed by atoms with Crippen molar-refractivity contribution in [3.63, 3.8) is 0 Å². The van der Waals surface area contributed by atoms with E-state index in [1.54, 1.807) is 24.5 Å². The van der Waals surface area contributed by atoms with E-state index in [2.05, 4.69) is 20.3 Å². The van der Waals surface area contributed by atoms with Crippen LogP contribution in [-0.4, -0.2) is 26.8 Å². The third-order valence-electron chi connectivity index (χ3n) is 6.35. The van der Waals surface area contributed by atoms with Crippen LogP contribution >= 0.6 is 0 Å². The summed E-state index contributed by atoms with van der Waals surface area (Å²) in [6.07, 6.45) is 6.22. The van der Waals surface area contributed by atoms with Crippen LogP contribution in [0.1, 0.15) is 40.6 Å². The molecule has 5 aromatic rings. The number of hydrogen-bond donors (Lipinski definition) is 2. The molecule has 0 fully saturated rings. The number of anilines is 1. The lowest BCUT2D eigenvalue weighted by atomic mass is 10.0. The van der Waals surface area contributed by atoms with Crippen molar-refractivity contribution in [2.75, 3.05) is 4.90 Å². The number of pyridine rings is 1. The zero-order valence-corrected chi connectivity index (χ0v) is 20.9. The maximum atomic E-state index is 13.9. The standard InChI is InChI=1S/C31H27N5O2/c1-22(23-9-4-2-5-10-23)35-30(37)29(26-13-8-18-32-19-26)36(31(38)28-20-33-21-34-28)27-16-14-25(15-17-27)24-11-6-3-7-12-24/h2-22,29H,1H3,(H,33,34)(H,35,37)/t22-,29?/m0/s1. The van der Waals surface area contributed by atoms with E-state index in [1.807, 2.05) is 91.9 Å². The van der Waals surface area contributed by atoms with Gasteiger partial charge in [-0.1, -0.05) is 78.9 Å². The number of carbonyl (C=O) groups is 2. The Hall–Kier alpha value is -5.04. The minimum Gasteiger partial charge on any atom is -0.350 e. The fourth-order valence-corrected chi connectivity index (χ4v) is 4.40. The van der Waals surface area contributed by atoms with E-state index in [4.69, 9.17) is 0 Å². The van der Waals surface area contributed by atoms with Crippen molar-refractivity contribution in [1.82, 2.24) is 20.3 Å².